The van der Waals surface area contributed by atoms with Gasteiger partial charge < -0.3 is 15.0 Å². The van der Waals surface area contributed by atoms with Crippen LogP contribution in [0.15, 0.2) is 66.7 Å². The Morgan fingerprint density at radius 3 is 2.47 bits per heavy atom. The molecule has 2 aliphatic rings. The van der Waals surface area contributed by atoms with Crippen molar-refractivity contribution < 1.29 is 9.53 Å². The highest BCUT2D eigenvalue weighted by Gasteiger charge is 2.26. The zero-order chi connectivity index (χ0) is 21.8. The Balaban J connectivity index is 1.29. The third-order valence-electron chi connectivity index (χ3n) is 6.18. The van der Waals surface area contributed by atoms with Gasteiger partial charge in [-0.15, -0.1) is 11.3 Å². The van der Waals surface area contributed by atoms with E-state index in [-0.39, 0.29) is 11.9 Å². The second-order valence-corrected chi connectivity index (χ2v) is 9.51. The van der Waals surface area contributed by atoms with Crippen molar-refractivity contribution in [2.75, 3.05) is 44.3 Å². The molecule has 1 N–H and O–H groups in total. The van der Waals surface area contributed by atoms with Crippen LogP contribution in [-0.2, 0) is 11.3 Å². The average molecular weight is 448 g/mol. The monoisotopic (exact) mass is 447 g/mol. The Hall–Kier alpha value is -2.67. The molecule has 0 spiro atoms. The molecule has 2 fully saturated rings. The van der Waals surface area contributed by atoms with E-state index in [1.54, 1.807) is 11.3 Å². The highest BCUT2D eigenvalue weighted by Crippen LogP contribution is 2.39. The fourth-order valence-corrected chi connectivity index (χ4v) is 5.65. The Bertz CT molecular complexity index is 1030. The lowest BCUT2D eigenvalue weighted by Gasteiger charge is -2.28. The lowest BCUT2D eigenvalue weighted by Crippen LogP contribution is -2.36. The molecule has 1 atom stereocenters. The van der Waals surface area contributed by atoms with Crippen molar-refractivity contribution in [1.82, 2.24) is 10.2 Å². The number of anilines is 1. The van der Waals surface area contributed by atoms with E-state index < -0.39 is 0 Å². The van der Waals surface area contributed by atoms with E-state index in [9.17, 15) is 4.79 Å². The van der Waals surface area contributed by atoms with Gasteiger partial charge in [-0.3, -0.25) is 9.69 Å². The molecule has 3 aromatic rings. The van der Waals surface area contributed by atoms with Crippen LogP contribution in [0.4, 0.5) is 5.00 Å². The van der Waals surface area contributed by atoms with Crippen molar-refractivity contribution in [3.05, 3.63) is 77.2 Å². The molecule has 5 nitrogen and oxygen atoms in total. The summed E-state index contributed by atoms with van der Waals surface area (Å²) in [5.74, 6) is 0.0400. The Morgan fingerprint density at radius 1 is 1.00 bits per heavy atom. The first-order valence-electron chi connectivity index (χ1n) is 11.4. The van der Waals surface area contributed by atoms with Crippen LogP contribution in [0.3, 0.4) is 0 Å². The van der Waals surface area contributed by atoms with Gasteiger partial charge >= 0.3 is 0 Å². The number of hydrogen-bond acceptors (Lipinski definition) is 5. The van der Waals surface area contributed by atoms with Gasteiger partial charge in [-0.25, -0.2) is 0 Å². The van der Waals surface area contributed by atoms with E-state index in [4.69, 9.17) is 4.74 Å². The van der Waals surface area contributed by atoms with Crippen molar-refractivity contribution in [1.29, 1.82) is 0 Å². The SMILES string of the molecule is O=C(NC1CCN(Cc2ccccc2)C1)c1cc(-c2ccccc2)c(N2CCOCC2)s1. The van der Waals surface area contributed by atoms with Crippen LogP contribution in [0.1, 0.15) is 21.7 Å². The fraction of sp³-hybridized carbons (Fsp3) is 0.346. The standard InChI is InChI=1S/C26H29N3O2S/c30-25(27-22-11-12-28(19-22)18-20-7-3-1-4-8-20)24-17-23(21-9-5-2-6-10-21)26(32-24)29-13-15-31-16-14-29/h1-10,17,22H,11-16,18-19H2,(H,27,30). The van der Waals surface area contributed by atoms with Crippen LogP contribution in [0.25, 0.3) is 11.1 Å². The number of benzene rings is 2. The summed E-state index contributed by atoms with van der Waals surface area (Å²) in [4.78, 5) is 18.7. The molecule has 166 valence electrons. The van der Waals surface area contributed by atoms with E-state index in [2.05, 4.69) is 69.7 Å². The molecular formula is C26H29N3O2S. The van der Waals surface area contributed by atoms with Crippen molar-refractivity contribution in [3.8, 4) is 11.1 Å². The maximum absolute atomic E-state index is 13.2. The van der Waals surface area contributed by atoms with Crippen LogP contribution in [0.5, 0.6) is 0 Å². The number of likely N-dealkylation sites (tertiary alicyclic amines) is 1. The summed E-state index contributed by atoms with van der Waals surface area (Å²) in [6.45, 7) is 6.02. The van der Waals surface area contributed by atoms with Crippen LogP contribution >= 0.6 is 11.3 Å². The molecule has 1 unspecified atom stereocenters. The molecule has 3 heterocycles. The van der Waals surface area contributed by atoms with Crippen molar-refractivity contribution in [2.45, 2.75) is 19.0 Å². The van der Waals surface area contributed by atoms with Gasteiger partial charge in [-0.2, -0.15) is 0 Å². The maximum Gasteiger partial charge on any atom is 0.261 e. The highest BCUT2D eigenvalue weighted by molar-refractivity contribution is 7.18. The summed E-state index contributed by atoms with van der Waals surface area (Å²) in [6, 6.07) is 23.2. The zero-order valence-electron chi connectivity index (χ0n) is 18.2. The van der Waals surface area contributed by atoms with Gasteiger partial charge in [-0.05, 0) is 23.6 Å². The predicted molar refractivity (Wildman–Crippen MR) is 130 cm³/mol. The van der Waals surface area contributed by atoms with Gasteiger partial charge in [0, 0.05) is 44.3 Å². The zero-order valence-corrected chi connectivity index (χ0v) is 19.0. The molecule has 0 aliphatic carbocycles. The molecule has 2 aromatic carbocycles. The van der Waals surface area contributed by atoms with Crippen molar-refractivity contribution >= 4 is 22.2 Å². The Kier molecular flexibility index (Phi) is 6.53. The third kappa shape index (κ3) is 4.88. The first kappa shape index (κ1) is 21.2. The first-order valence-corrected chi connectivity index (χ1v) is 12.2. The average Bonchev–Trinajstić information content (AvgIpc) is 3.48. The van der Waals surface area contributed by atoms with Gasteiger partial charge in [0.1, 0.15) is 0 Å². The normalized spacial score (nSPS) is 19.2. The number of nitrogens with zero attached hydrogens (tertiary/aromatic N) is 2. The van der Waals surface area contributed by atoms with Gasteiger partial charge in [0.15, 0.2) is 0 Å². The van der Waals surface area contributed by atoms with Gasteiger partial charge in [0.05, 0.1) is 23.1 Å². The van der Waals surface area contributed by atoms with Crippen LogP contribution < -0.4 is 10.2 Å². The number of amides is 1. The summed E-state index contributed by atoms with van der Waals surface area (Å²) in [5.41, 5.74) is 3.61. The summed E-state index contributed by atoms with van der Waals surface area (Å²) in [7, 11) is 0. The molecule has 0 radical (unpaired) electrons. The first-order chi connectivity index (χ1) is 15.8. The molecule has 1 aromatic heterocycles. The quantitative estimate of drug-likeness (QED) is 0.613. The minimum atomic E-state index is 0.0400. The summed E-state index contributed by atoms with van der Waals surface area (Å²) >= 11 is 1.60. The molecule has 0 saturated carbocycles. The number of carbonyl (C=O) groups is 1. The number of thiophene rings is 1. The summed E-state index contributed by atoms with van der Waals surface area (Å²) in [6.07, 6.45) is 0.992. The van der Waals surface area contributed by atoms with Gasteiger partial charge in [-0.1, -0.05) is 60.7 Å². The van der Waals surface area contributed by atoms with E-state index in [1.165, 1.54) is 10.6 Å². The second kappa shape index (κ2) is 9.86. The summed E-state index contributed by atoms with van der Waals surface area (Å²) < 4.78 is 5.54. The topological polar surface area (TPSA) is 44.8 Å². The fourth-order valence-electron chi connectivity index (χ4n) is 4.51. The van der Waals surface area contributed by atoms with E-state index in [0.717, 1.165) is 68.4 Å². The maximum atomic E-state index is 13.2. The minimum absolute atomic E-state index is 0.0400. The molecule has 6 heteroatoms. The van der Waals surface area contributed by atoms with Crippen LogP contribution in [0, 0.1) is 0 Å². The predicted octanol–water partition coefficient (Wildman–Crippen LogP) is 4.26. The lowest BCUT2D eigenvalue weighted by atomic mass is 10.1. The molecule has 5 rings (SSSR count). The summed E-state index contributed by atoms with van der Waals surface area (Å²) in [5, 5.41) is 4.46. The molecule has 32 heavy (non-hydrogen) atoms. The second-order valence-electron chi connectivity index (χ2n) is 8.47. The van der Waals surface area contributed by atoms with Gasteiger partial charge in [0.25, 0.3) is 5.91 Å². The number of rotatable bonds is 6. The van der Waals surface area contributed by atoms with Crippen molar-refractivity contribution in [3.63, 3.8) is 0 Å². The molecule has 2 saturated heterocycles. The van der Waals surface area contributed by atoms with Crippen LogP contribution in [0.2, 0.25) is 0 Å². The molecule has 2 aliphatic heterocycles. The highest BCUT2D eigenvalue weighted by atomic mass is 32.1. The molecular weight excluding hydrogens is 418 g/mol. The van der Waals surface area contributed by atoms with E-state index in [0.29, 0.717) is 0 Å². The number of nitrogens with one attached hydrogen (secondary N) is 1. The molecule has 1 amide bonds. The Labute approximate surface area is 193 Å². The number of carbonyl (C=O) groups excluding carboxylic acids is 1. The lowest BCUT2D eigenvalue weighted by molar-refractivity contribution is 0.0941. The number of ether oxygens (including phenoxy) is 1. The Morgan fingerprint density at radius 2 is 1.72 bits per heavy atom. The third-order valence-corrected chi connectivity index (χ3v) is 7.37. The number of morpholine rings is 1. The van der Waals surface area contributed by atoms with Gasteiger partial charge in [0.2, 0.25) is 0 Å². The minimum Gasteiger partial charge on any atom is -0.378 e. The number of hydrogen-bond donors (Lipinski definition) is 1. The van der Waals surface area contributed by atoms with Crippen molar-refractivity contribution in [2.24, 2.45) is 0 Å². The van der Waals surface area contributed by atoms with E-state index >= 15 is 0 Å². The largest absolute Gasteiger partial charge is 0.378 e. The van der Waals surface area contributed by atoms with E-state index in [1.807, 2.05) is 12.1 Å². The van der Waals surface area contributed by atoms with Crippen LogP contribution in [-0.4, -0.2) is 56.2 Å². The molecule has 0 bridgehead atoms. The smallest absolute Gasteiger partial charge is 0.261 e.